The van der Waals surface area contributed by atoms with Crippen molar-refractivity contribution < 1.29 is 0 Å². The Morgan fingerprint density at radius 1 is 0.969 bits per heavy atom. The van der Waals surface area contributed by atoms with Crippen LogP contribution in [-0.4, -0.2) is 20.6 Å². The van der Waals surface area contributed by atoms with Crippen LogP contribution in [0.2, 0.25) is 5.02 Å². The van der Waals surface area contributed by atoms with Gasteiger partial charge in [-0.1, -0.05) is 35.9 Å². The molecular weight excluding hydrogens is 418 g/mol. The van der Waals surface area contributed by atoms with E-state index in [0.29, 0.717) is 11.1 Å². The number of para-hydroxylation sites is 3. The van der Waals surface area contributed by atoms with Crippen LogP contribution in [-0.2, 0) is 0 Å². The molecule has 0 radical (unpaired) electrons. The van der Waals surface area contributed by atoms with Gasteiger partial charge in [-0.15, -0.1) is 0 Å². The summed E-state index contributed by atoms with van der Waals surface area (Å²) in [5.41, 5.74) is 6.49. The standard InChI is InChI=1S/C26H20ClN5/c27-19-7-1-3-9-24(19)32-25-10-4-2-8-20(25)31-23-14-21(30-18-6-5-13-28-16-18)22(15-26(23)32)29-17-11-12-17/h1-10,13-17,30H,11-12H2/b29-22+. The minimum Gasteiger partial charge on any atom is -0.352 e. The molecular formula is C26H20ClN5. The number of benzene rings is 3. The van der Waals surface area contributed by atoms with E-state index in [-0.39, 0.29) is 0 Å². The van der Waals surface area contributed by atoms with Gasteiger partial charge in [0.15, 0.2) is 0 Å². The number of hydrogen-bond donors (Lipinski definition) is 1. The summed E-state index contributed by atoms with van der Waals surface area (Å²) < 4.78 is 2.18. The highest BCUT2D eigenvalue weighted by Gasteiger charge is 2.22. The van der Waals surface area contributed by atoms with Crippen LogP contribution in [0.15, 0.2) is 90.2 Å². The maximum absolute atomic E-state index is 6.65. The summed E-state index contributed by atoms with van der Waals surface area (Å²) in [6, 6.07) is 24.5. The zero-order valence-electron chi connectivity index (χ0n) is 17.2. The molecule has 2 aromatic carbocycles. The molecule has 2 aliphatic carbocycles. The van der Waals surface area contributed by atoms with Gasteiger partial charge in [-0.3, -0.25) is 9.98 Å². The Labute approximate surface area is 190 Å². The second kappa shape index (κ2) is 7.77. The zero-order chi connectivity index (χ0) is 21.5. The molecule has 0 unspecified atom stereocenters. The van der Waals surface area contributed by atoms with Crippen molar-refractivity contribution >= 4 is 34.0 Å². The van der Waals surface area contributed by atoms with E-state index in [2.05, 4.69) is 33.1 Å². The van der Waals surface area contributed by atoms with Gasteiger partial charge >= 0.3 is 0 Å². The molecule has 1 saturated carbocycles. The highest BCUT2D eigenvalue weighted by molar-refractivity contribution is 6.32. The Hall–Kier alpha value is -3.70. The number of nitrogens with one attached hydrogen (secondary N) is 1. The SMILES string of the molecule is Clc1ccccc1-n1c2c/c(=N\C3CC3)c(Nc3cccnc3)cc-2nc2ccccc21. The van der Waals surface area contributed by atoms with Gasteiger partial charge in [0.2, 0.25) is 0 Å². The summed E-state index contributed by atoms with van der Waals surface area (Å²) in [4.78, 5) is 14.2. The van der Waals surface area contributed by atoms with Crippen molar-refractivity contribution in [2.24, 2.45) is 4.99 Å². The molecule has 0 atom stereocenters. The second-order valence-electron chi connectivity index (χ2n) is 7.97. The number of rotatable bonds is 4. The summed E-state index contributed by atoms with van der Waals surface area (Å²) in [5.74, 6) is 0. The minimum atomic E-state index is 0.379. The fraction of sp³-hybridized carbons (Fsp3) is 0.115. The summed E-state index contributed by atoms with van der Waals surface area (Å²) in [5, 5.41) is 5.09. The zero-order valence-corrected chi connectivity index (χ0v) is 18.0. The first-order chi connectivity index (χ1) is 15.8. The number of pyridine rings is 1. The van der Waals surface area contributed by atoms with Gasteiger partial charge in [0.25, 0.3) is 0 Å². The van der Waals surface area contributed by atoms with Gasteiger partial charge in [-0.25, -0.2) is 4.98 Å². The van der Waals surface area contributed by atoms with Gasteiger partial charge < -0.3 is 9.88 Å². The van der Waals surface area contributed by atoms with Crippen molar-refractivity contribution in [3.05, 3.63) is 95.6 Å². The van der Waals surface area contributed by atoms with E-state index < -0.39 is 0 Å². The molecule has 0 amide bonds. The lowest BCUT2D eigenvalue weighted by Gasteiger charge is -2.21. The summed E-state index contributed by atoms with van der Waals surface area (Å²) in [6.45, 7) is 0. The molecule has 2 heterocycles. The van der Waals surface area contributed by atoms with Crippen molar-refractivity contribution in [3.8, 4) is 17.1 Å². The van der Waals surface area contributed by atoms with Crippen LogP contribution in [0.25, 0.3) is 28.1 Å². The van der Waals surface area contributed by atoms with Crippen molar-refractivity contribution in [1.82, 2.24) is 14.5 Å². The van der Waals surface area contributed by atoms with Gasteiger partial charge in [0.05, 0.1) is 62.1 Å². The van der Waals surface area contributed by atoms with Crippen molar-refractivity contribution in [3.63, 3.8) is 0 Å². The third-order valence-corrected chi connectivity index (χ3v) is 5.92. The molecule has 5 nitrogen and oxygen atoms in total. The van der Waals surface area contributed by atoms with E-state index in [9.17, 15) is 0 Å². The molecule has 3 aromatic rings. The van der Waals surface area contributed by atoms with Crippen molar-refractivity contribution in [1.29, 1.82) is 0 Å². The maximum Gasteiger partial charge on any atom is 0.0900 e. The van der Waals surface area contributed by atoms with Crippen molar-refractivity contribution in [2.45, 2.75) is 18.9 Å². The Morgan fingerprint density at radius 3 is 2.62 bits per heavy atom. The van der Waals surface area contributed by atoms with E-state index in [0.717, 1.165) is 57.7 Å². The molecule has 1 aromatic heterocycles. The average Bonchev–Trinajstić information content (AvgIpc) is 3.64. The van der Waals surface area contributed by atoms with Crippen LogP contribution in [0, 0.1) is 0 Å². The molecule has 156 valence electrons. The lowest BCUT2D eigenvalue weighted by Crippen LogP contribution is -2.15. The van der Waals surface area contributed by atoms with E-state index in [1.54, 1.807) is 6.20 Å². The number of hydrogen-bond acceptors (Lipinski definition) is 4. The quantitative estimate of drug-likeness (QED) is 0.351. The molecule has 1 aliphatic heterocycles. The first-order valence-corrected chi connectivity index (χ1v) is 11.1. The number of nitrogens with zero attached hydrogens (tertiary/aromatic N) is 4. The van der Waals surface area contributed by atoms with Crippen LogP contribution in [0.4, 0.5) is 11.4 Å². The van der Waals surface area contributed by atoms with Crippen LogP contribution in [0.3, 0.4) is 0 Å². The van der Waals surface area contributed by atoms with Crippen LogP contribution < -0.4 is 10.7 Å². The first kappa shape index (κ1) is 19.0. The fourth-order valence-electron chi connectivity index (χ4n) is 3.93. The monoisotopic (exact) mass is 437 g/mol. The van der Waals surface area contributed by atoms with Gasteiger partial charge in [0, 0.05) is 6.20 Å². The highest BCUT2D eigenvalue weighted by Crippen LogP contribution is 2.33. The molecule has 6 heteroatoms. The summed E-state index contributed by atoms with van der Waals surface area (Å²) in [7, 11) is 0. The fourth-order valence-corrected chi connectivity index (χ4v) is 4.15. The summed E-state index contributed by atoms with van der Waals surface area (Å²) in [6.07, 6.45) is 5.83. The normalized spacial score (nSPS) is 14.2. The van der Waals surface area contributed by atoms with E-state index in [1.807, 2.05) is 60.8 Å². The molecule has 1 N–H and O–H groups in total. The third-order valence-electron chi connectivity index (χ3n) is 5.60. The van der Waals surface area contributed by atoms with Crippen molar-refractivity contribution in [2.75, 3.05) is 5.32 Å². The number of anilines is 2. The van der Waals surface area contributed by atoms with Gasteiger partial charge in [-0.2, -0.15) is 0 Å². The molecule has 0 bridgehead atoms. The predicted molar refractivity (Wildman–Crippen MR) is 129 cm³/mol. The lowest BCUT2D eigenvalue weighted by atomic mass is 10.1. The lowest BCUT2D eigenvalue weighted by molar-refractivity contribution is 0.997. The smallest absolute Gasteiger partial charge is 0.0900 e. The maximum atomic E-state index is 6.65. The molecule has 0 saturated heterocycles. The minimum absolute atomic E-state index is 0.379. The van der Waals surface area contributed by atoms with E-state index in [1.165, 1.54) is 0 Å². The van der Waals surface area contributed by atoms with Crippen LogP contribution in [0.5, 0.6) is 0 Å². The Morgan fingerprint density at radius 2 is 1.81 bits per heavy atom. The molecule has 6 rings (SSSR count). The van der Waals surface area contributed by atoms with E-state index in [4.69, 9.17) is 21.6 Å². The Kier molecular flexibility index (Phi) is 4.62. The van der Waals surface area contributed by atoms with E-state index >= 15 is 0 Å². The third kappa shape index (κ3) is 3.51. The van der Waals surface area contributed by atoms with Gasteiger partial charge in [0.1, 0.15) is 0 Å². The predicted octanol–water partition coefficient (Wildman–Crippen LogP) is 5.99. The van der Waals surface area contributed by atoms with Crippen LogP contribution >= 0.6 is 11.6 Å². The molecule has 0 spiro atoms. The number of halogens is 1. The molecule has 3 aliphatic rings. The largest absolute Gasteiger partial charge is 0.352 e. The van der Waals surface area contributed by atoms with Gasteiger partial charge in [-0.05, 0) is 61.4 Å². The first-order valence-electron chi connectivity index (χ1n) is 10.7. The second-order valence-corrected chi connectivity index (χ2v) is 8.38. The average molecular weight is 438 g/mol. The Bertz CT molecular complexity index is 1470. The molecule has 32 heavy (non-hydrogen) atoms. The van der Waals surface area contributed by atoms with Crippen LogP contribution in [0.1, 0.15) is 12.8 Å². The Balaban J connectivity index is 1.67. The number of fused-ring (bicyclic) bond motifs is 2. The topological polar surface area (TPSA) is 55.1 Å². The highest BCUT2D eigenvalue weighted by atomic mass is 35.5. The summed E-state index contributed by atoms with van der Waals surface area (Å²) >= 11 is 6.65. The molecule has 1 fully saturated rings. The number of aromatic nitrogens is 3.